The van der Waals surface area contributed by atoms with Crippen LogP contribution in [0, 0.1) is 0 Å². The van der Waals surface area contributed by atoms with Crippen molar-refractivity contribution in [3.05, 3.63) is 28.7 Å². The fourth-order valence-electron chi connectivity index (χ4n) is 2.61. The highest BCUT2D eigenvalue weighted by Gasteiger charge is 2.25. The van der Waals surface area contributed by atoms with Gasteiger partial charge in [0.05, 0.1) is 7.11 Å². The topological polar surface area (TPSA) is 77.6 Å². The van der Waals surface area contributed by atoms with Crippen molar-refractivity contribution in [3.63, 3.8) is 0 Å². The lowest BCUT2D eigenvalue weighted by Crippen LogP contribution is -2.49. The van der Waals surface area contributed by atoms with Crippen molar-refractivity contribution in [3.8, 4) is 5.75 Å². The number of nitrogens with two attached hydrogens (primary N) is 1. The average Bonchev–Trinajstić information content (AvgIpc) is 2.49. The van der Waals surface area contributed by atoms with Gasteiger partial charge in [-0.1, -0.05) is 0 Å². The first-order chi connectivity index (χ1) is 9.67. The van der Waals surface area contributed by atoms with E-state index in [4.69, 9.17) is 10.5 Å². The molecule has 2 heterocycles. The Morgan fingerprint density at radius 1 is 1.50 bits per heavy atom. The second-order valence-corrected chi connectivity index (χ2v) is 4.98. The Hall–Kier alpha value is -1.82. The predicted molar refractivity (Wildman–Crippen MR) is 75.7 cm³/mol. The third kappa shape index (κ3) is 3.01. The molecule has 1 aromatic heterocycles. The fraction of sp³-hybridized carbons (Fsp3) is 0.571. The van der Waals surface area contributed by atoms with Crippen LogP contribution in [0.4, 0.5) is 0 Å². The van der Waals surface area contributed by atoms with E-state index in [0.717, 1.165) is 25.8 Å². The number of hydrogen-bond donors (Lipinski definition) is 1. The van der Waals surface area contributed by atoms with Crippen LogP contribution < -0.4 is 16.0 Å². The van der Waals surface area contributed by atoms with Gasteiger partial charge in [-0.05, 0) is 31.4 Å². The molecule has 1 aromatic rings. The van der Waals surface area contributed by atoms with Crippen molar-refractivity contribution in [1.82, 2.24) is 9.47 Å². The predicted octanol–water partition coefficient (Wildman–Crippen LogP) is 0.197. The molecule has 110 valence electrons. The van der Waals surface area contributed by atoms with Gasteiger partial charge in [0.1, 0.15) is 6.54 Å². The van der Waals surface area contributed by atoms with E-state index < -0.39 is 0 Å². The molecule has 0 aliphatic carbocycles. The number of nitrogens with zero attached hydrogens (tertiary/aromatic N) is 2. The zero-order valence-electron chi connectivity index (χ0n) is 11.7. The first-order valence-electron chi connectivity index (χ1n) is 6.90. The second kappa shape index (κ2) is 6.56. The van der Waals surface area contributed by atoms with Crippen LogP contribution in [0.1, 0.15) is 19.3 Å². The number of pyridine rings is 1. The van der Waals surface area contributed by atoms with Gasteiger partial charge in [0, 0.05) is 25.3 Å². The molecule has 1 unspecified atom stereocenters. The van der Waals surface area contributed by atoms with Gasteiger partial charge in [-0.2, -0.15) is 0 Å². The number of methoxy groups -OCH3 is 1. The molecular formula is C14H21N3O3. The van der Waals surface area contributed by atoms with E-state index in [1.807, 2.05) is 0 Å². The van der Waals surface area contributed by atoms with Gasteiger partial charge in [0.2, 0.25) is 5.91 Å². The molecule has 6 heteroatoms. The van der Waals surface area contributed by atoms with Crippen LogP contribution in [0.25, 0.3) is 0 Å². The van der Waals surface area contributed by atoms with E-state index in [0.29, 0.717) is 6.54 Å². The quantitative estimate of drug-likeness (QED) is 0.854. The van der Waals surface area contributed by atoms with E-state index in [2.05, 4.69) is 0 Å². The van der Waals surface area contributed by atoms with Gasteiger partial charge in [-0.15, -0.1) is 0 Å². The minimum Gasteiger partial charge on any atom is -0.491 e. The van der Waals surface area contributed by atoms with E-state index in [-0.39, 0.29) is 29.8 Å². The standard InChI is InChI=1S/C14H21N3O3/c1-20-12-6-4-7-16(14(12)19)10-13(18)17-8-3-2-5-11(17)9-15/h4,6-7,11H,2-3,5,8-10,15H2,1H3. The van der Waals surface area contributed by atoms with E-state index in [1.54, 1.807) is 23.2 Å². The molecule has 1 aliphatic heterocycles. The molecule has 1 fully saturated rings. The first-order valence-corrected chi connectivity index (χ1v) is 6.90. The SMILES string of the molecule is COc1cccn(CC(=O)N2CCCCC2CN)c1=O. The maximum absolute atomic E-state index is 12.4. The average molecular weight is 279 g/mol. The molecule has 2 rings (SSSR count). The van der Waals surface area contributed by atoms with Crippen LogP contribution in [0.3, 0.4) is 0 Å². The molecule has 0 spiro atoms. The summed E-state index contributed by atoms with van der Waals surface area (Å²) in [6.45, 7) is 1.23. The lowest BCUT2D eigenvalue weighted by molar-refractivity contribution is -0.135. The van der Waals surface area contributed by atoms with E-state index in [1.165, 1.54) is 11.7 Å². The molecule has 0 saturated carbocycles. The number of likely N-dealkylation sites (tertiary alicyclic amines) is 1. The number of hydrogen-bond acceptors (Lipinski definition) is 4. The smallest absolute Gasteiger partial charge is 0.293 e. The summed E-state index contributed by atoms with van der Waals surface area (Å²) >= 11 is 0. The maximum Gasteiger partial charge on any atom is 0.293 e. The van der Waals surface area contributed by atoms with Crippen molar-refractivity contribution in [2.24, 2.45) is 5.73 Å². The molecular weight excluding hydrogens is 258 g/mol. The van der Waals surface area contributed by atoms with Gasteiger partial charge in [0.25, 0.3) is 5.56 Å². The Bertz CT molecular complexity index is 527. The van der Waals surface area contributed by atoms with Crippen molar-refractivity contribution in [2.45, 2.75) is 31.8 Å². The molecule has 0 radical (unpaired) electrons. The summed E-state index contributed by atoms with van der Waals surface area (Å²) in [5.41, 5.74) is 5.43. The van der Waals surface area contributed by atoms with Crippen molar-refractivity contribution in [1.29, 1.82) is 0 Å². The fourth-order valence-corrected chi connectivity index (χ4v) is 2.61. The van der Waals surface area contributed by atoms with Gasteiger partial charge in [0.15, 0.2) is 5.75 Å². The van der Waals surface area contributed by atoms with E-state index >= 15 is 0 Å². The van der Waals surface area contributed by atoms with Crippen molar-refractivity contribution >= 4 is 5.91 Å². The van der Waals surface area contributed by atoms with Crippen LogP contribution in [0.15, 0.2) is 23.1 Å². The minimum absolute atomic E-state index is 0.0343. The van der Waals surface area contributed by atoms with Gasteiger partial charge in [-0.25, -0.2) is 0 Å². The van der Waals surface area contributed by atoms with Crippen LogP contribution >= 0.6 is 0 Å². The van der Waals surface area contributed by atoms with Gasteiger partial charge in [-0.3, -0.25) is 9.59 Å². The maximum atomic E-state index is 12.4. The number of aromatic nitrogens is 1. The first kappa shape index (κ1) is 14.6. The Morgan fingerprint density at radius 3 is 3.00 bits per heavy atom. The molecule has 1 amide bonds. The zero-order valence-corrected chi connectivity index (χ0v) is 11.7. The number of amides is 1. The van der Waals surface area contributed by atoms with Crippen LogP contribution in [0.2, 0.25) is 0 Å². The van der Waals surface area contributed by atoms with Crippen molar-refractivity contribution < 1.29 is 9.53 Å². The molecule has 1 atom stereocenters. The number of rotatable bonds is 4. The number of piperidine rings is 1. The Balaban J connectivity index is 2.13. The van der Waals surface area contributed by atoms with Crippen molar-refractivity contribution in [2.75, 3.05) is 20.2 Å². The highest BCUT2D eigenvalue weighted by molar-refractivity contribution is 5.76. The third-order valence-electron chi connectivity index (χ3n) is 3.73. The Kier molecular flexibility index (Phi) is 4.79. The largest absolute Gasteiger partial charge is 0.491 e. The summed E-state index contributed by atoms with van der Waals surface area (Å²) in [6.07, 6.45) is 4.64. The van der Waals surface area contributed by atoms with Gasteiger partial charge < -0.3 is 19.9 Å². The number of ether oxygens (including phenoxy) is 1. The minimum atomic E-state index is -0.287. The number of carbonyl (C=O) groups excluding carboxylic acids is 1. The Labute approximate surface area is 118 Å². The molecule has 2 N–H and O–H groups in total. The van der Waals surface area contributed by atoms with Crippen LogP contribution in [-0.2, 0) is 11.3 Å². The lowest BCUT2D eigenvalue weighted by Gasteiger charge is -2.35. The van der Waals surface area contributed by atoms with Crippen LogP contribution in [0.5, 0.6) is 5.75 Å². The highest BCUT2D eigenvalue weighted by Crippen LogP contribution is 2.16. The summed E-state index contributed by atoms with van der Waals surface area (Å²) in [4.78, 5) is 26.2. The summed E-state index contributed by atoms with van der Waals surface area (Å²) < 4.78 is 6.36. The lowest BCUT2D eigenvalue weighted by atomic mass is 10.0. The molecule has 0 aromatic carbocycles. The van der Waals surface area contributed by atoms with E-state index in [9.17, 15) is 9.59 Å². The molecule has 0 bridgehead atoms. The number of carbonyl (C=O) groups is 1. The molecule has 6 nitrogen and oxygen atoms in total. The highest BCUT2D eigenvalue weighted by atomic mass is 16.5. The third-order valence-corrected chi connectivity index (χ3v) is 3.73. The summed E-state index contributed by atoms with van der Waals surface area (Å²) in [6, 6.07) is 3.38. The monoisotopic (exact) mass is 279 g/mol. The van der Waals surface area contributed by atoms with Gasteiger partial charge >= 0.3 is 0 Å². The summed E-state index contributed by atoms with van der Waals surface area (Å²) in [5.74, 6) is 0.185. The summed E-state index contributed by atoms with van der Waals surface area (Å²) in [5, 5.41) is 0. The molecule has 20 heavy (non-hydrogen) atoms. The van der Waals surface area contributed by atoms with Crippen LogP contribution in [-0.4, -0.2) is 41.6 Å². The summed E-state index contributed by atoms with van der Waals surface area (Å²) in [7, 11) is 1.44. The molecule has 1 saturated heterocycles. The normalized spacial score (nSPS) is 18.9. The zero-order chi connectivity index (χ0) is 14.5. The molecule has 1 aliphatic rings. The second-order valence-electron chi connectivity index (χ2n) is 4.98. The Morgan fingerprint density at radius 2 is 2.30 bits per heavy atom.